The number of alkyl halides is 3. The van der Waals surface area contributed by atoms with Gasteiger partial charge in [-0.05, 0) is 31.6 Å². The molecule has 2 saturated carbocycles. The van der Waals surface area contributed by atoms with E-state index in [1.54, 1.807) is 0 Å². The van der Waals surface area contributed by atoms with Gasteiger partial charge in [0.2, 0.25) is 0 Å². The van der Waals surface area contributed by atoms with Crippen LogP contribution in [-0.2, 0) is 0 Å². The molecule has 1 heterocycles. The number of aliphatic imine (C=N–C) groups is 1. The second-order valence-corrected chi connectivity index (χ2v) is 7.31. The van der Waals surface area contributed by atoms with E-state index in [0.29, 0.717) is 11.1 Å². The van der Waals surface area contributed by atoms with Gasteiger partial charge in [0.25, 0.3) is 0 Å². The minimum Gasteiger partial charge on any atom is -0.359 e. The average molecular weight is 292 g/mol. The number of thioether (sulfide) groups is 1. The van der Waals surface area contributed by atoms with Crippen molar-refractivity contribution in [3.05, 3.63) is 0 Å². The second-order valence-electron chi connectivity index (χ2n) is 6.34. The van der Waals surface area contributed by atoms with Crippen molar-refractivity contribution in [1.82, 2.24) is 5.32 Å². The molecule has 0 aromatic carbocycles. The molecule has 19 heavy (non-hydrogen) atoms. The molecular weight excluding hydrogens is 273 g/mol. The first kappa shape index (κ1) is 13.6. The van der Waals surface area contributed by atoms with Crippen LogP contribution in [0.4, 0.5) is 13.2 Å². The van der Waals surface area contributed by atoms with Crippen LogP contribution < -0.4 is 5.32 Å². The van der Waals surface area contributed by atoms with Crippen molar-refractivity contribution in [2.45, 2.75) is 62.7 Å². The third-order valence-electron chi connectivity index (χ3n) is 4.52. The van der Waals surface area contributed by atoms with E-state index in [1.807, 2.05) is 0 Å². The maximum Gasteiger partial charge on any atom is 0.413 e. The average Bonchev–Trinajstić information content (AvgIpc) is 2.98. The molecule has 0 amide bonds. The van der Waals surface area contributed by atoms with E-state index in [9.17, 15) is 13.2 Å². The van der Waals surface area contributed by atoms with Gasteiger partial charge in [-0.1, -0.05) is 31.5 Å². The zero-order valence-electron chi connectivity index (χ0n) is 11.0. The molecule has 2 nitrogen and oxygen atoms in total. The maximum absolute atomic E-state index is 12.9. The van der Waals surface area contributed by atoms with Crippen molar-refractivity contribution in [3.8, 4) is 0 Å². The molecule has 1 N–H and O–H groups in total. The Morgan fingerprint density at radius 3 is 2.63 bits per heavy atom. The molecular formula is C13H19F3N2S. The molecule has 0 radical (unpaired) electrons. The first-order chi connectivity index (χ1) is 8.84. The maximum atomic E-state index is 12.9. The third kappa shape index (κ3) is 2.48. The molecule has 3 rings (SSSR count). The quantitative estimate of drug-likeness (QED) is 0.796. The van der Waals surface area contributed by atoms with Crippen molar-refractivity contribution < 1.29 is 13.2 Å². The van der Waals surface area contributed by atoms with Crippen molar-refractivity contribution in [1.29, 1.82) is 0 Å². The summed E-state index contributed by atoms with van der Waals surface area (Å²) in [5, 5.41) is 3.84. The number of rotatable bonds is 1. The number of hydrogen-bond acceptors (Lipinski definition) is 2. The largest absolute Gasteiger partial charge is 0.413 e. The number of nitrogens with one attached hydrogen (secondary N) is 1. The molecule has 108 valence electrons. The highest BCUT2D eigenvalue weighted by molar-refractivity contribution is 8.14. The highest BCUT2D eigenvalue weighted by atomic mass is 32.2. The van der Waals surface area contributed by atoms with Crippen LogP contribution in [0.25, 0.3) is 0 Å². The van der Waals surface area contributed by atoms with Crippen LogP contribution in [-0.4, -0.2) is 28.2 Å². The van der Waals surface area contributed by atoms with Crippen LogP contribution in [0, 0.1) is 5.92 Å². The lowest BCUT2D eigenvalue weighted by Crippen LogP contribution is -2.47. The molecule has 2 atom stereocenters. The second kappa shape index (κ2) is 4.30. The van der Waals surface area contributed by atoms with Gasteiger partial charge >= 0.3 is 6.18 Å². The summed E-state index contributed by atoms with van der Waals surface area (Å²) in [6.45, 7) is 2.22. The topological polar surface area (TPSA) is 24.4 Å². The molecule has 3 fully saturated rings. The van der Waals surface area contributed by atoms with Crippen molar-refractivity contribution in [3.63, 3.8) is 0 Å². The summed E-state index contributed by atoms with van der Waals surface area (Å²) in [6.07, 6.45) is 0.592. The van der Waals surface area contributed by atoms with Gasteiger partial charge in [-0.2, -0.15) is 13.2 Å². The molecule has 1 spiro atoms. The monoisotopic (exact) mass is 292 g/mol. The smallest absolute Gasteiger partial charge is 0.359 e. The minimum atomic E-state index is -4.20. The SMILES string of the molecule is CC1CCCC2(CSC(=NC3(C(F)(F)F)CC3)N2)C1. The first-order valence-corrected chi connectivity index (χ1v) is 7.90. The van der Waals surface area contributed by atoms with Crippen molar-refractivity contribution in [2.24, 2.45) is 10.9 Å². The van der Waals surface area contributed by atoms with Gasteiger partial charge in [0.1, 0.15) is 0 Å². The van der Waals surface area contributed by atoms with Gasteiger partial charge in [0.05, 0.1) is 0 Å². The van der Waals surface area contributed by atoms with Crippen LogP contribution in [0.3, 0.4) is 0 Å². The standard InChI is InChI=1S/C13H19F3N2S/c1-9-3-2-4-11(7-9)8-19-10(17-11)18-12(5-6-12)13(14,15)16/h9H,2-8H2,1H3,(H,17,18). The predicted octanol–water partition coefficient (Wildman–Crippen LogP) is 3.72. The third-order valence-corrected chi connectivity index (χ3v) is 5.68. The number of halogens is 3. The van der Waals surface area contributed by atoms with Crippen LogP contribution >= 0.6 is 11.8 Å². The Bertz CT molecular complexity index is 403. The van der Waals surface area contributed by atoms with E-state index in [4.69, 9.17) is 0 Å². The molecule has 3 aliphatic rings. The zero-order valence-corrected chi connectivity index (χ0v) is 11.8. The van der Waals surface area contributed by atoms with Crippen molar-refractivity contribution >= 4 is 16.9 Å². The molecule has 0 bridgehead atoms. The molecule has 6 heteroatoms. The van der Waals surface area contributed by atoms with Gasteiger partial charge in [0.15, 0.2) is 10.7 Å². The molecule has 2 aliphatic carbocycles. The fourth-order valence-corrected chi connectivity index (χ4v) is 4.52. The molecule has 0 aromatic heterocycles. The Kier molecular flexibility index (Phi) is 3.08. The van der Waals surface area contributed by atoms with E-state index in [-0.39, 0.29) is 18.4 Å². The van der Waals surface area contributed by atoms with Crippen LogP contribution in [0.2, 0.25) is 0 Å². The summed E-state index contributed by atoms with van der Waals surface area (Å²) >= 11 is 1.47. The van der Waals surface area contributed by atoms with Gasteiger partial charge in [-0.25, -0.2) is 4.99 Å². The summed E-state index contributed by atoms with van der Waals surface area (Å²) in [5.74, 6) is 1.52. The number of amidine groups is 1. The fourth-order valence-electron chi connectivity index (χ4n) is 3.24. The van der Waals surface area contributed by atoms with Gasteiger partial charge in [-0.15, -0.1) is 0 Å². The Morgan fingerprint density at radius 1 is 1.32 bits per heavy atom. The van der Waals surface area contributed by atoms with Gasteiger partial charge in [-0.3, -0.25) is 0 Å². The van der Waals surface area contributed by atoms with Crippen molar-refractivity contribution in [2.75, 3.05) is 5.75 Å². The zero-order chi connectivity index (χ0) is 13.7. The molecule has 2 unspecified atom stereocenters. The Morgan fingerprint density at radius 2 is 2.05 bits per heavy atom. The number of nitrogens with zero attached hydrogens (tertiary/aromatic N) is 1. The molecule has 1 saturated heterocycles. The lowest BCUT2D eigenvalue weighted by molar-refractivity contribution is -0.155. The van der Waals surface area contributed by atoms with E-state index < -0.39 is 11.7 Å². The van der Waals surface area contributed by atoms with Crippen LogP contribution in [0.1, 0.15) is 45.4 Å². The van der Waals surface area contributed by atoms with Crippen LogP contribution in [0.15, 0.2) is 4.99 Å². The van der Waals surface area contributed by atoms with E-state index in [2.05, 4.69) is 17.2 Å². The van der Waals surface area contributed by atoms with Gasteiger partial charge in [0, 0.05) is 11.3 Å². The summed E-state index contributed by atoms with van der Waals surface area (Å²) in [7, 11) is 0. The molecule has 0 aromatic rings. The highest BCUT2D eigenvalue weighted by Gasteiger charge is 2.64. The first-order valence-electron chi connectivity index (χ1n) is 6.92. The lowest BCUT2D eigenvalue weighted by Gasteiger charge is -2.36. The van der Waals surface area contributed by atoms with Crippen LogP contribution in [0.5, 0.6) is 0 Å². The highest BCUT2D eigenvalue weighted by Crippen LogP contribution is 2.53. The van der Waals surface area contributed by atoms with E-state index in [0.717, 1.165) is 25.0 Å². The van der Waals surface area contributed by atoms with E-state index in [1.165, 1.54) is 18.2 Å². The minimum absolute atomic E-state index is 0.00282. The lowest BCUT2D eigenvalue weighted by atomic mass is 9.78. The Labute approximate surface area is 115 Å². The van der Waals surface area contributed by atoms with E-state index >= 15 is 0 Å². The summed E-state index contributed by atoms with van der Waals surface area (Å²) in [6, 6.07) is 0. The Balaban J connectivity index is 1.72. The summed E-state index contributed by atoms with van der Waals surface area (Å²) < 4.78 is 38.7. The normalized spacial score (nSPS) is 39.6. The van der Waals surface area contributed by atoms with Gasteiger partial charge < -0.3 is 5.32 Å². The summed E-state index contributed by atoms with van der Waals surface area (Å²) in [5.41, 5.74) is -1.77. The summed E-state index contributed by atoms with van der Waals surface area (Å²) in [4.78, 5) is 4.01. The molecule has 1 aliphatic heterocycles. The fraction of sp³-hybridized carbons (Fsp3) is 0.923. The Hall–Kier alpha value is -0.390. The number of hydrogen-bond donors (Lipinski definition) is 1. The predicted molar refractivity (Wildman–Crippen MR) is 71.4 cm³/mol.